The first-order valence-corrected chi connectivity index (χ1v) is 10.4. The second-order valence-corrected chi connectivity index (χ2v) is 8.22. The largest absolute Gasteiger partial charge is 0.507 e. The number of amides is 1. The van der Waals surface area contributed by atoms with Crippen molar-refractivity contribution in [2.24, 2.45) is 0 Å². The van der Waals surface area contributed by atoms with Crippen molar-refractivity contribution in [1.82, 2.24) is 14.9 Å². The number of phenols is 1. The molecule has 1 fully saturated rings. The first kappa shape index (κ1) is 16.8. The van der Waals surface area contributed by atoms with E-state index in [2.05, 4.69) is 4.98 Å². The Morgan fingerprint density at radius 3 is 2.78 bits per heavy atom. The third kappa shape index (κ3) is 2.84. The third-order valence-corrected chi connectivity index (χ3v) is 6.54. The average Bonchev–Trinajstić information content (AvgIpc) is 3.34. The van der Waals surface area contributed by atoms with Gasteiger partial charge >= 0.3 is 0 Å². The number of rotatable bonds is 2. The van der Waals surface area contributed by atoms with Crippen LogP contribution in [0.4, 0.5) is 0 Å². The number of carbonyl (C=O) groups excluding carboxylic acids is 1. The number of aromatic nitrogens is 2. The molecule has 1 aliphatic heterocycles. The number of phenolic OH excluding ortho intramolecular Hbond substituents is 1. The van der Waals surface area contributed by atoms with E-state index in [0.29, 0.717) is 5.56 Å². The standard InChI is InChI=1S/C22H27N3O2/c26-20-15-7-2-1-6-14(15)11-12-16(20)22(27)25-13-5-10-19(25)21-23-17-8-3-4-9-18(17)24-21/h11-12,19,26H,1-10,13H2,(H,23,24). The lowest BCUT2D eigenvalue weighted by molar-refractivity contribution is 0.0727. The van der Waals surface area contributed by atoms with Crippen LogP contribution in [0.5, 0.6) is 5.75 Å². The zero-order chi connectivity index (χ0) is 18.4. The topological polar surface area (TPSA) is 69.2 Å². The van der Waals surface area contributed by atoms with E-state index in [1.54, 1.807) is 0 Å². The van der Waals surface area contributed by atoms with E-state index in [4.69, 9.17) is 4.98 Å². The van der Waals surface area contributed by atoms with E-state index in [1.807, 2.05) is 17.0 Å². The SMILES string of the molecule is O=C(c1ccc2c(c1O)CCCC2)N1CCCC1c1nc2c([nH]1)CCCC2. The molecule has 5 nitrogen and oxygen atoms in total. The summed E-state index contributed by atoms with van der Waals surface area (Å²) in [6, 6.07) is 3.86. The molecule has 0 bridgehead atoms. The summed E-state index contributed by atoms with van der Waals surface area (Å²) in [6.45, 7) is 0.728. The molecule has 142 valence electrons. The molecule has 1 aromatic carbocycles. The number of hydrogen-bond acceptors (Lipinski definition) is 3. The van der Waals surface area contributed by atoms with Gasteiger partial charge in [0, 0.05) is 12.2 Å². The van der Waals surface area contributed by atoms with Gasteiger partial charge in [-0.1, -0.05) is 6.07 Å². The molecule has 2 aromatic rings. The molecule has 0 saturated carbocycles. The lowest BCUT2D eigenvalue weighted by Crippen LogP contribution is -2.31. The van der Waals surface area contributed by atoms with Gasteiger partial charge < -0.3 is 15.0 Å². The third-order valence-electron chi connectivity index (χ3n) is 6.54. The summed E-state index contributed by atoms with van der Waals surface area (Å²) in [5, 5.41) is 10.8. The van der Waals surface area contributed by atoms with Gasteiger partial charge in [-0.25, -0.2) is 4.98 Å². The zero-order valence-corrected chi connectivity index (χ0v) is 15.8. The Hall–Kier alpha value is -2.30. The lowest BCUT2D eigenvalue weighted by atomic mass is 9.89. The summed E-state index contributed by atoms with van der Waals surface area (Å²) in [6.07, 6.45) is 10.6. The van der Waals surface area contributed by atoms with Crippen LogP contribution >= 0.6 is 0 Å². The van der Waals surface area contributed by atoms with Crippen LogP contribution in [0.2, 0.25) is 0 Å². The van der Waals surface area contributed by atoms with Crippen molar-refractivity contribution in [2.45, 2.75) is 70.3 Å². The molecule has 1 amide bonds. The number of aromatic hydroxyl groups is 1. The van der Waals surface area contributed by atoms with Gasteiger partial charge in [-0.2, -0.15) is 0 Å². The van der Waals surface area contributed by atoms with Gasteiger partial charge in [0.1, 0.15) is 11.6 Å². The normalized spacial score (nSPS) is 21.8. The Morgan fingerprint density at radius 1 is 1.07 bits per heavy atom. The molecule has 1 unspecified atom stereocenters. The number of nitrogens with zero attached hydrogens (tertiary/aromatic N) is 2. The number of aromatic amines is 1. The average molecular weight is 365 g/mol. The van der Waals surface area contributed by atoms with Crippen LogP contribution < -0.4 is 0 Å². The van der Waals surface area contributed by atoms with Crippen molar-refractivity contribution >= 4 is 5.91 Å². The first-order valence-electron chi connectivity index (χ1n) is 10.4. The van der Waals surface area contributed by atoms with Crippen LogP contribution in [0.15, 0.2) is 12.1 Å². The number of benzene rings is 1. The van der Waals surface area contributed by atoms with Crippen LogP contribution in [0.1, 0.15) is 83.3 Å². The Labute approximate surface area is 159 Å². The van der Waals surface area contributed by atoms with Gasteiger partial charge in [0.05, 0.1) is 17.3 Å². The fraction of sp³-hybridized carbons (Fsp3) is 0.545. The molecule has 0 radical (unpaired) electrons. The van der Waals surface area contributed by atoms with E-state index >= 15 is 0 Å². The molecule has 1 saturated heterocycles. The molecule has 3 aliphatic rings. The Kier molecular flexibility index (Phi) is 4.18. The second kappa shape index (κ2) is 6.70. The fourth-order valence-electron chi connectivity index (χ4n) is 5.06. The molecule has 2 aliphatic carbocycles. The number of hydrogen-bond donors (Lipinski definition) is 2. The molecule has 5 rings (SSSR count). The number of imidazole rings is 1. The van der Waals surface area contributed by atoms with Crippen molar-refractivity contribution in [1.29, 1.82) is 0 Å². The lowest BCUT2D eigenvalue weighted by Gasteiger charge is -2.25. The molecule has 5 heteroatoms. The minimum Gasteiger partial charge on any atom is -0.507 e. The molecular formula is C22H27N3O2. The number of H-pyrrole nitrogens is 1. The van der Waals surface area contributed by atoms with Gasteiger partial charge in [0.2, 0.25) is 0 Å². The van der Waals surface area contributed by atoms with Crippen molar-refractivity contribution in [3.63, 3.8) is 0 Å². The highest BCUT2D eigenvalue weighted by Gasteiger charge is 2.35. The number of likely N-dealkylation sites (tertiary alicyclic amines) is 1. The van der Waals surface area contributed by atoms with E-state index in [0.717, 1.165) is 69.3 Å². The smallest absolute Gasteiger partial charge is 0.258 e. The summed E-state index contributed by atoms with van der Waals surface area (Å²) in [5.41, 5.74) is 5.08. The molecule has 2 heterocycles. The first-order chi connectivity index (χ1) is 13.2. The molecule has 1 atom stereocenters. The minimum absolute atomic E-state index is 0.00136. The summed E-state index contributed by atoms with van der Waals surface area (Å²) in [4.78, 5) is 23.6. The summed E-state index contributed by atoms with van der Waals surface area (Å²) < 4.78 is 0. The minimum atomic E-state index is -0.0576. The number of nitrogens with one attached hydrogen (secondary N) is 1. The van der Waals surface area contributed by atoms with E-state index in [9.17, 15) is 9.90 Å². The maximum Gasteiger partial charge on any atom is 0.258 e. The molecule has 1 aromatic heterocycles. The van der Waals surface area contributed by atoms with Gasteiger partial charge in [0.15, 0.2) is 0 Å². The van der Waals surface area contributed by atoms with Gasteiger partial charge in [-0.3, -0.25) is 4.79 Å². The maximum absolute atomic E-state index is 13.3. The molecule has 2 N–H and O–H groups in total. The van der Waals surface area contributed by atoms with E-state index < -0.39 is 0 Å². The Balaban J connectivity index is 1.45. The predicted molar refractivity (Wildman–Crippen MR) is 103 cm³/mol. The van der Waals surface area contributed by atoms with Crippen LogP contribution in [0.3, 0.4) is 0 Å². The molecule has 27 heavy (non-hydrogen) atoms. The van der Waals surface area contributed by atoms with Crippen LogP contribution in [0, 0.1) is 0 Å². The van der Waals surface area contributed by atoms with Crippen molar-refractivity contribution < 1.29 is 9.90 Å². The Bertz CT molecular complexity index is 862. The summed E-state index contributed by atoms with van der Waals surface area (Å²) in [5.74, 6) is 1.09. The predicted octanol–water partition coefficient (Wildman–Crippen LogP) is 3.85. The van der Waals surface area contributed by atoms with Gasteiger partial charge in [-0.05, 0) is 81.4 Å². The maximum atomic E-state index is 13.3. The monoisotopic (exact) mass is 365 g/mol. The van der Waals surface area contributed by atoms with Gasteiger partial charge in [-0.15, -0.1) is 0 Å². The van der Waals surface area contributed by atoms with Gasteiger partial charge in [0.25, 0.3) is 5.91 Å². The second-order valence-electron chi connectivity index (χ2n) is 8.22. The van der Waals surface area contributed by atoms with Crippen LogP contribution in [-0.4, -0.2) is 32.4 Å². The zero-order valence-electron chi connectivity index (χ0n) is 15.8. The fourth-order valence-corrected chi connectivity index (χ4v) is 5.06. The Morgan fingerprint density at radius 2 is 1.89 bits per heavy atom. The van der Waals surface area contributed by atoms with Crippen molar-refractivity contribution in [3.8, 4) is 5.75 Å². The number of fused-ring (bicyclic) bond motifs is 2. The summed E-state index contributed by atoms with van der Waals surface area (Å²) in [7, 11) is 0. The van der Waals surface area contributed by atoms with Crippen LogP contribution in [0.25, 0.3) is 0 Å². The molecular weight excluding hydrogens is 338 g/mol. The summed E-state index contributed by atoms with van der Waals surface area (Å²) >= 11 is 0. The van der Waals surface area contributed by atoms with Crippen molar-refractivity contribution in [3.05, 3.63) is 46.0 Å². The van der Waals surface area contributed by atoms with E-state index in [-0.39, 0.29) is 17.7 Å². The van der Waals surface area contributed by atoms with E-state index in [1.165, 1.54) is 29.8 Å². The quantitative estimate of drug-likeness (QED) is 0.849. The van der Waals surface area contributed by atoms with Crippen LogP contribution in [-0.2, 0) is 25.7 Å². The number of aryl methyl sites for hydroxylation is 3. The highest BCUT2D eigenvalue weighted by molar-refractivity contribution is 5.97. The van der Waals surface area contributed by atoms with Crippen molar-refractivity contribution in [2.75, 3.05) is 6.54 Å². The highest BCUT2D eigenvalue weighted by Crippen LogP contribution is 2.37. The number of carbonyl (C=O) groups is 1. The molecule has 0 spiro atoms. The highest BCUT2D eigenvalue weighted by atomic mass is 16.3.